The van der Waals surface area contributed by atoms with E-state index in [2.05, 4.69) is 48.0 Å². The van der Waals surface area contributed by atoms with Crippen molar-refractivity contribution in [1.82, 2.24) is 0 Å². The minimum absolute atomic E-state index is 0.138. The molecule has 31 heavy (non-hydrogen) atoms. The Bertz CT molecular complexity index is 991. The van der Waals surface area contributed by atoms with Gasteiger partial charge in [0, 0.05) is 5.41 Å². The van der Waals surface area contributed by atoms with Gasteiger partial charge in [0.25, 0.3) is 0 Å². The van der Waals surface area contributed by atoms with Crippen LogP contribution in [0.2, 0.25) is 0 Å². The first-order chi connectivity index (χ1) is 14.6. The summed E-state index contributed by atoms with van der Waals surface area (Å²) in [5.74, 6) is 2.49. The third-order valence-corrected chi connectivity index (χ3v) is 5.36. The zero-order chi connectivity index (χ0) is 22.5. The van der Waals surface area contributed by atoms with Crippen molar-refractivity contribution in [3.63, 3.8) is 0 Å². The standard InChI is InChI=1S/C27H31BrO3/c1-26(2,3)31-25-15-14-21(17-24(25)28)27(4,5)19-29-18-20-10-9-13-23(16-20)30-22-11-7-6-8-12-22/h6-17H,18-19H2,1-5H3. The number of hydrogen-bond acceptors (Lipinski definition) is 3. The summed E-state index contributed by atoms with van der Waals surface area (Å²) in [7, 11) is 0. The lowest BCUT2D eigenvalue weighted by atomic mass is 9.85. The highest BCUT2D eigenvalue weighted by molar-refractivity contribution is 9.10. The van der Waals surface area contributed by atoms with Crippen LogP contribution in [0, 0.1) is 0 Å². The van der Waals surface area contributed by atoms with Gasteiger partial charge in [-0.2, -0.15) is 0 Å². The van der Waals surface area contributed by atoms with Crippen LogP contribution in [-0.4, -0.2) is 12.2 Å². The first-order valence-corrected chi connectivity index (χ1v) is 11.3. The van der Waals surface area contributed by atoms with E-state index >= 15 is 0 Å². The van der Waals surface area contributed by atoms with Crippen LogP contribution in [0.4, 0.5) is 0 Å². The fourth-order valence-electron chi connectivity index (χ4n) is 3.17. The van der Waals surface area contributed by atoms with Crippen molar-refractivity contribution in [2.75, 3.05) is 6.61 Å². The van der Waals surface area contributed by atoms with Crippen molar-refractivity contribution >= 4 is 15.9 Å². The molecule has 0 saturated carbocycles. The topological polar surface area (TPSA) is 27.7 Å². The maximum Gasteiger partial charge on any atom is 0.134 e. The predicted octanol–water partition coefficient (Wildman–Crippen LogP) is 7.91. The maximum atomic E-state index is 6.09. The molecule has 0 radical (unpaired) electrons. The molecule has 0 aliphatic heterocycles. The van der Waals surface area contributed by atoms with E-state index in [-0.39, 0.29) is 11.0 Å². The Hall–Kier alpha value is -2.30. The summed E-state index contributed by atoms with van der Waals surface area (Å²) in [5.41, 5.74) is 1.91. The van der Waals surface area contributed by atoms with Crippen molar-refractivity contribution in [2.45, 2.75) is 52.2 Å². The molecule has 0 amide bonds. The Morgan fingerprint density at radius 3 is 2.16 bits per heavy atom. The molecule has 4 heteroatoms. The molecule has 0 unspecified atom stereocenters. The van der Waals surface area contributed by atoms with E-state index in [0.717, 1.165) is 27.3 Å². The lowest BCUT2D eigenvalue weighted by Crippen LogP contribution is -2.25. The van der Waals surface area contributed by atoms with Crippen molar-refractivity contribution in [2.24, 2.45) is 0 Å². The van der Waals surface area contributed by atoms with E-state index in [1.165, 1.54) is 5.56 Å². The molecule has 3 rings (SSSR count). The third-order valence-electron chi connectivity index (χ3n) is 4.74. The monoisotopic (exact) mass is 482 g/mol. The smallest absolute Gasteiger partial charge is 0.134 e. The van der Waals surface area contributed by atoms with Gasteiger partial charge in [-0.25, -0.2) is 0 Å². The SMILES string of the molecule is CC(C)(C)Oc1ccc(C(C)(C)COCc2cccc(Oc3ccccc3)c2)cc1Br. The largest absolute Gasteiger partial charge is 0.487 e. The Labute approximate surface area is 194 Å². The average Bonchev–Trinajstić information content (AvgIpc) is 2.69. The van der Waals surface area contributed by atoms with Crippen LogP contribution in [0.1, 0.15) is 45.7 Å². The highest BCUT2D eigenvalue weighted by atomic mass is 79.9. The van der Waals surface area contributed by atoms with Gasteiger partial charge >= 0.3 is 0 Å². The molecule has 0 heterocycles. The van der Waals surface area contributed by atoms with E-state index in [9.17, 15) is 0 Å². The summed E-state index contributed by atoms with van der Waals surface area (Å²) in [4.78, 5) is 0. The van der Waals surface area contributed by atoms with Gasteiger partial charge in [-0.15, -0.1) is 0 Å². The molecule has 0 bridgehead atoms. The fraction of sp³-hybridized carbons (Fsp3) is 0.333. The first kappa shape index (κ1) is 23.4. The molecule has 3 aromatic rings. The number of para-hydroxylation sites is 1. The minimum Gasteiger partial charge on any atom is -0.487 e. The molecule has 0 N–H and O–H groups in total. The Morgan fingerprint density at radius 1 is 0.774 bits per heavy atom. The molecular weight excluding hydrogens is 452 g/mol. The molecule has 0 saturated heterocycles. The second kappa shape index (κ2) is 9.88. The van der Waals surface area contributed by atoms with Crippen LogP contribution in [-0.2, 0) is 16.8 Å². The molecule has 0 fully saturated rings. The van der Waals surface area contributed by atoms with Crippen molar-refractivity contribution in [1.29, 1.82) is 0 Å². The van der Waals surface area contributed by atoms with E-state index in [4.69, 9.17) is 14.2 Å². The quantitative estimate of drug-likeness (QED) is 0.326. The van der Waals surface area contributed by atoms with Crippen molar-refractivity contribution in [3.05, 3.63) is 88.4 Å². The number of rotatable bonds is 8. The molecular formula is C27H31BrO3. The average molecular weight is 483 g/mol. The van der Waals surface area contributed by atoms with Gasteiger partial charge in [0.15, 0.2) is 0 Å². The molecule has 0 atom stereocenters. The van der Waals surface area contributed by atoms with Crippen molar-refractivity contribution in [3.8, 4) is 17.2 Å². The zero-order valence-electron chi connectivity index (χ0n) is 18.9. The highest BCUT2D eigenvalue weighted by Crippen LogP contribution is 2.34. The summed E-state index contributed by atoms with van der Waals surface area (Å²) in [6.45, 7) is 11.6. The minimum atomic E-state index is -0.235. The van der Waals surface area contributed by atoms with Gasteiger partial charge in [-0.3, -0.25) is 0 Å². The molecule has 3 nitrogen and oxygen atoms in total. The van der Waals surface area contributed by atoms with E-state index in [0.29, 0.717) is 13.2 Å². The van der Waals surface area contributed by atoms with Crippen molar-refractivity contribution < 1.29 is 14.2 Å². The lowest BCUT2D eigenvalue weighted by molar-refractivity contribution is 0.0823. The summed E-state index contributed by atoms with van der Waals surface area (Å²) >= 11 is 3.65. The second-order valence-corrected chi connectivity index (χ2v) is 10.2. The predicted molar refractivity (Wildman–Crippen MR) is 130 cm³/mol. The molecule has 0 spiro atoms. The Morgan fingerprint density at radius 2 is 1.48 bits per heavy atom. The molecule has 0 aliphatic carbocycles. The summed E-state index contributed by atoms with van der Waals surface area (Å²) in [6, 6.07) is 24.1. The highest BCUT2D eigenvalue weighted by Gasteiger charge is 2.23. The van der Waals surface area contributed by atoms with Crippen LogP contribution < -0.4 is 9.47 Å². The van der Waals surface area contributed by atoms with Crippen LogP contribution >= 0.6 is 15.9 Å². The molecule has 3 aromatic carbocycles. The van der Waals surface area contributed by atoms with Gasteiger partial charge in [-0.05, 0) is 84.2 Å². The molecule has 164 valence electrons. The fourth-order valence-corrected chi connectivity index (χ4v) is 3.62. The number of halogens is 1. The summed E-state index contributed by atoms with van der Waals surface area (Å²) < 4.78 is 19.0. The van der Waals surface area contributed by atoms with E-state index in [1.54, 1.807) is 0 Å². The number of benzene rings is 3. The zero-order valence-corrected chi connectivity index (χ0v) is 20.5. The normalized spacial score (nSPS) is 11.9. The van der Waals surface area contributed by atoms with Gasteiger partial charge in [-0.1, -0.05) is 50.2 Å². The van der Waals surface area contributed by atoms with Gasteiger partial charge in [0.2, 0.25) is 0 Å². The molecule has 0 aromatic heterocycles. The van der Waals surface area contributed by atoms with Gasteiger partial charge in [0.1, 0.15) is 22.8 Å². The van der Waals surface area contributed by atoms with Crippen LogP contribution in [0.25, 0.3) is 0 Å². The van der Waals surface area contributed by atoms with Gasteiger partial charge in [0.05, 0.1) is 17.7 Å². The van der Waals surface area contributed by atoms with Crippen LogP contribution in [0.3, 0.4) is 0 Å². The van der Waals surface area contributed by atoms with E-state index in [1.807, 2.05) is 75.4 Å². The first-order valence-electron chi connectivity index (χ1n) is 10.5. The summed E-state index contributed by atoms with van der Waals surface area (Å²) in [6.07, 6.45) is 0. The van der Waals surface area contributed by atoms with Crippen LogP contribution in [0.15, 0.2) is 77.3 Å². The summed E-state index contributed by atoms with van der Waals surface area (Å²) in [5, 5.41) is 0. The van der Waals surface area contributed by atoms with E-state index < -0.39 is 0 Å². The Kier molecular flexibility index (Phi) is 7.45. The number of hydrogen-bond donors (Lipinski definition) is 0. The third kappa shape index (κ3) is 7.12. The Balaban J connectivity index is 1.59. The second-order valence-electron chi connectivity index (χ2n) is 9.30. The van der Waals surface area contributed by atoms with Gasteiger partial charge < -0.3 is 14.2 Å². The lowest BCUT2D eigenvalue weighted by Gasteiger charge is -2.27. The maximum absolute atomic E-state index is 6.09. The number of ether oxygens (including phenoxy) is 3. The molecule has 0 aliphatic rings. The van der Waals surface area contributed by atoms with Crippen LogP contribution in [0.5, 0.6) is 17.2 Å².